The van der Waals surface area contributed by atoms with Crippen molar-refractivity contribution < 1.29 is 23.9 Å². The molecule has 0 radical (unpaired) electrons. The fourth-order valence-electron chi connectivity index (χ4n) is 3.82. The molecular formula is C23H21ClN4O5. The molecule has 0 saturated carbocycles. The van der Waals surface area contributed by atoms with Gasteiger partial charge in [-0.2, -0.15) is 5.26 Å². The number of amides is 4. The molecule has 4 rings (SSSR count). The third-order valence-electron chi connectivity index (χ3n) is 5.72. The van der Waals surface area contributed by atoms with Crippen molar-refractivity contribution in [3.63, 3.8) is 0 Å². The summed E-state index contributed by atoms with van der Waals surface area (Å²) in [7, 11) is 0. The van der Waals surface area contributed by atoms with Gasteiger partial charge in [0.15, 0.2) is 11.5 Å². The Hall–Kier alpha value is -3.77. The summed E-state index contributed by atoms with van der Waals surface area (Å²) in [5.74, 6) is -0.0266. The lowest BCUT2D eigenvalue weighted by atomic mass is 9.91. The number of nitrogens with zero attached hydrogens (tertiary/aromatic N) is 3. The van der Waals surface area contributed by atoms with Gasteiger partial charge in [0.05, 0.1) is 12.5 Å². The highest BCUT2D eigenvalue weighted by atomic mass is 35.5. The van der Waals surface area contributed by atoms with E-state index in [1.54, 1.807) is 50.2 Å². The number of ether oxygens (including phenoxy) is 2. The van der Waals surface area contributed by atoms with Gasteiger partial charge < -0.3 is 19.7 Å². The van der Waals surface area contributed by atoms with E-state index in [0.29, 0.717) is 27.8 Å². The second kappa shape index (κ2) is 8.64. The van der Waals surface area contributed by atoms with Crippen LogP contribution >= 0.6 is 11.6 Å². The van der Waals surface area contributed by atoms with Crippen LogP contribution in [0.3, 0.4) is 0 Å². The zero-order valence-corrected chi connectivity index (χ0v) is 18.8. The van der Waals surface area contributed by atoms with Crippen LogP contribution in [0, 0.1) is 18.3 Å². The average Bonchev–Trinajstić information content (AvgIpc) is 3.34. The van der Waals surface area contributed by atoms with Gasteiger partial charge in [-0.05, 0) is 55.3 Å². The topological polar surface area (TPSA) is 112 Å². The van der Waals surface area contributed by atoms with Crippen LogP contribution in [0.5, 0.6) is 11.5 Å². The molecule has 1 saturated heterocycles. The van der Waals surface area contributed by atoms with E-state index in [2.05, 4.69) is 5.32 Å². The Bertz CT molecular complexity index is 1190. The molecule has 1 atom stereocenters. The van der Waals surface area contributed by atoms with Crippen LogP contribution in [-0.4, -0.2) is 42.6 Å². The van der Waals surface area contributed by atoms with Gasteiger partial charge in [-0.15, -0.1) is 0 Å². The molecule has 4 amide bonds. The Morgan fingerprint density at radius 3 is 2.73 bits per heavy atom. The molecule has 2 heterocycles. The van der Waals surface area contributed by atoms with Crippen LogP contribution in [-0.2, 0) is 15.1 Å². The largest absolute Gasteiger partial charge is 0.454 e. The zero-order chi connectivity index (χ0) is 23.8. The standard InChI is InChI=1S/C23H21ClN4O5/c1-14-10-16(5-6-17(14)24)27(9-3-8-25)20(29)12-28-21(30)23(2,26-22(28)31)15-4-7-18-19(11-15)33-13-32-18/h4-7,10-11H,3,9,12-13H2,1-2H3,(H,26,31). The van der Waals surface area contributed by atoms with E-state index < -0.39 is 29.9 Å². The average molecular weight is 469 g/mol. The highest BCUT2D eigenvalue weighted by Gasteiger charge is 2.50. The first-order chi connectivity index (χ1) is 15.7. The van der Waals surface area contributed by atoms with Gasteiger partial charge in [0, 0.05) is 17.3 Å². The molecule has 9 nitrogen and oxygen atoms in total. The zero-order valence-electron chi connectivity index (χ0n) is 18.1. The van der Waals surface area contributed by atoms with Crippen molar-refractivity contribution >= 4 is 35.1 Å². The predicted octanol–water partition coefficient (Wildman–Crippen LogP) is 3.09. The van der Waals surface area contributed by atoms with Crippen molar-refractivity contribution in [1.82, 2.24) is 10.2 Å². The number of nitriles is 1. The monoisotopic (exact) mass is 468 g/mol. The fourth-order valence-corrected chi connectivity index (χ4v) is 3.94. The third kappa shape index (κ3) is 4.05. The normalized spacial score (nSPS) is 18.8. The van der Waals surface area contributed by atoms with E-state index in [0.717, 1.165) is 10.5 Å². The number of halogens is 1. The number of carbonyl (C=O) groups is 3. The van der Waals surface area contributed by atoms with Gasteiger partial charge in [0.25, 0.3) is 5.91 Å². The molecule has 2 aromatic carbocycles. The number of anilines is 1. The SMILES string of the molecule is Cc1cc(N(CCC#N)C(=O)CN2C(=O)NC(C)(c3ccc4c(c3)OCO4)C2=O)ccc1Cl. The molecule has 0 bridgehead atoms. The molecule has 1 unspecified atom stereocenters. The van der Waals surface area contributed by atoms with E-state index in [9.17, 15) is 14.4 Å². The Morgan fingerprint density at radius 1 is 1.24 bits per heavy atom. The molecular weight excluding hydrogens is 448 g/mol. The summed E-state index contributed by atoms with van der Waals surface area (Å²) >= 11 is 6.09. The number of nitrogens with one attached hydrogen (secondary N) is 1. The number of imide groups is 1. The quantitative estimate of drug-likeness (QED) is 0.652. The van der Waals surface area contributed by atoms with E-state index in [1.807, 2.05) is 6.07 Å². The summed E-state index contributed by atoms with van der Waals surface area (Å²) in [5.41, 5.74) is 0.430. The number of aryl methyl sites for hydroxylation is 1. The highest BCUT2D eigenvalue weighted by Crippen LogP contribution is 2.38. The summed E-state index contributed by atoms with van der Waals surface area (Å²) in [6, 6.07) is 11.4. The smallest absolute Gasteiger partial charge is 0.325 e. The molecule has 0 aromatic heterocycles. The summed E-state index contributed by atoms with van der Waals surface area (Å²) in [4.78, 5) is 41.4. The van der Waals surface area contributed by atoms with Gasteiger partial charge in [0.2, 0.25) is 12.7 Å². The number of benzene rings is 2. The van der Waals surface area contributed by atoms with Gasteiger partial charge in [-0.3, -0.25) is 14.5 Å². The number of fused-ring (bicyclic) bond motifs is 1. The minimum Gasteiger partial charge on any atom is -0.454 e. The second-order valence-corrected chi connectivity index (χ2v) is 8.31. The van der Waals surface area contributed by atoms with Gasteiger partial charge in [-0.1, -0.05) is 17.7 Å². The number of rotatable bonds is 6. The van der Waals surface area contributed by atoms with Crippen molar-refractivity contribution in [3.8, 4) is 17.6 Å². The lowest BCUT2D eigenvalue weighted by molar-refractivity contribution is -0.134. The summed E-state index contributed by atoms with van der Waals surface area (Å²) in [5, 5.41) is 12.2. The number of hydrogen-bond acceptors (Lipinski definition) is 6. The fraction of sp³-hybridized carbons (Fsp3) is 0.304. The van der Waals surface area contributed by atoms with E-state index in [4.69, 9.17) is 26.3 Å². The van der Waals surface area contributed by atoms with E-state index in [1.165, 1.54) is 4.90 Å². The Kier molecular flexibility index (Phi) is 5.87. The van der Waals surface area contributed by atoms with Crippen molar-refractivity contribution in [1.29, 1.82) is 5.26 Å². The van der Waals surface area contributed by atoms with E-state index in [-0.39, 0.29) is 19.8 Å². The molecule has 170 valence electrons. The Morgan fingerprint density at radius 2 is 2.00 bits per heavy atom. The number of carbonyl (C=O) groups excluding carboxylic acids is 3. The first kappa shape index (κ1) is 22.4. The number of hydrogen-bond donors (Lipinski definition) is 1. The predicted molar refractivity (Wildman–Crippen MR) is 119 cm³/mol. The summed E-state index contributed by atoms with van der Waals surface area (Å²) in [6.45, 7) is 3.09. The van der Waals surface area contributed by atoms with Crippen LogP contribution < -0.4 is 19.7 Å². The molecule has 1 fully saturated rings. The lowest BCUT2D eigenvalue weighted by Crippen LogP contribution is -2.45. The van der Waals surface area contributed by atoms with Gasteiger partial charge in [-0.25, -0.2) is 4.79 Å². The van der Waals surface area contributed by atoms with E-state index >= 15 is 0 Å². The minimum absolute atomic E-state index is 0.0825. The Balaban J connectivity index is 1.57. The van der Waals surface area contributed by atoms with Crippen LogP contribution in [0.4, 0.5) is 10.5 Å². The highest BCUT2D eigenvalue weighted by molar-refractivity contribution is 6.31. The van der Waals surface area contributed by atoms with Gasteiger partial charge >= 0.3 is 6.03 Å². The van der Waals surface area contributed by atoms with Crippen LogP contribution in [0.25, 0.3) is 0 Å². The molecule has 0 aliphatic carbocycles. The van der Waals surface area contributed by atoms with Crippen LogP contribution in [0.1, 0.15) is 24.5 Å². The lowest BCUT2D eigenvalue weighted by Gasteiger charge is -2.25. The molecule has 2 aliphatic heterocycles. The number of urea groups is 1. The van der Waals surface area contributed by atoms with Crippen molar-refractivity contribution in [2.75, 3.05) is 24.8 Å². The van der Waals surface area contributed by atoms with Crippen LogP contribution in [0.15, 0.2) is 36.4 Å². The van der Waals surface area contributed by atoms with Crippen molar-refractivity contribution in [2.45, 2.75) is 25.8 Å². The third-order valence-corrected chi connectivity index (χ3v) is 6.14. The molecule has 0 spiro atoms. The summed E-state index contributed by atoms with van der Waals surface area (Å²) in [6.07, 6.45) is 0.0858. The molecule has 2 aromatic rings. The Labute approximate surface area is 195 Å². The molecule has 10 heteroatoms. The van der Waals surface area contributed by atoms with Gasteiger partial charge in [0.1, 0.15) is 12.1 Å². The van der Waals surface area contributed by atoms with Crippen LogP contribution in [0.2, 0.25) is 5.02 Å². The molecule has 2 aliphatic rings. The molecule has 33 heavy (non-hydrogen) atoms. The maximum atomic E-state index is 13.3. The van der Waals surface area contributed by atoms with Crippen molar-refractivity contribution in [2.24, 2.45) is 0 Å². The maximum Gasteiger partial charge on any atom is 0.325 e. The molecule has 1 N–H and O–H groups in total. The summed E-state index contributed by atoms with van der Waals surface area (Å²) < 4.78 is 10.7. The maximum absolute atomic E-state index is 13.3. The van der Waals surface area contributed by atoms with Crippen molar-refractivity contribution in [3.05, 3.63) is 52.5 Å². The second-order valence-electron chi connectivity index (χ2n) is 7.90. The first-order valence-electron chi connectivity index (χ1n) is 10.2. The first-order valence-corrected chi connectivity index (χ1v) is 10.6. The minimum atomic E-state index is -1.37.